The Morgan fingerprint density at radius 1 is 1.40 bits per heavy atom. The molecule has 0 radical (unpaired) electrons. The Labute approximate surface area is 128 Å². The molecule has 1 amide bonds. The molecule has 2 N–H and O–H groups in total. The van der Waals surface area contributed by atoms with E-state index in [1.165, 1.54) is 42.4 Å². The van der Waals surface area contributed by atoms with E-state index in [1.54, 1.807) is 0 Å². The number of thioether (sulfide) groups is 1. The van der Waals surface area contributed by atoms with Crippen molar-refractivity contribution in [3.8, 4) is 0 Å². The van der Waals surface area contributed by atoms with Crippen LogP contribution in [0.25, 0.3) is 0 Å². The quantitative estimate of drug-likeness (QED) is 0.846. The molecule has 1 aromatic heterocycles. The Hall–Kier alpha value is -0.820. The van der Waals surface area contributed by atoms with Crippen LogP contribution in [0.1, 0.15) is 46.0 Å². The van der Waals surface area contributed by atoms with Gasteiger partial charge in [0.05, 0.1) is 5.75 Å². The van der Waals surface area contributed by atoms with Gasteiger partial charge in [0.25, 0.3) is 0 Å². The fraction of sp³-hybridized carbons (Fsp3) is 0.769. The van der Waals surface area contributed by atoms with Gasteiger partial charge in [-0.25, -0.2) is 0 Å². The van der Waals surface area contributed by atoms with Crippen LogP contribution >= 0.6 is 23.1 Å². The van der Waals surface area contributed by atoms with Crippen LogP contribution < -0.4 is 5.73 Å². The van der Waals surface area contributed by atoms with Gasteiger partial charge in [0, 0.05) is 12.1 Å². The summed E-state index contributed by atoms with van der Waals surface area (Å²) < 4.78 is 0.767. The average Bonchev–Trinajstić information content (AvgIpc) is 2.83. The van der Waals surface area contributed by atoms with E-state index in [0.29, 0.717) is 16.9 Å². The van der Waals surface area contributed by atoms with Gasteiger partial charge in [-0.3, -0.25) is 4.79 Å². The zero-order valence-corrected chi connectivity index (χ0v) is 13.7. The number of anilines is 1. The van der Waals surface area contributed by atoms with Crippen molar-refractivity contribution in [3.63, 3.8) is 0 Å². The molecule has 1 saturated carbocycles. The second-order valence-electron chi connectivity index (χ2n) is 5.38. The molecule has 2 rings (SSSR count). The second kappa shape index (κ2) is 7.26. The highest BCUT2D eigenvalue weighted by Crippen LogP contribution is 2.27. The molecule has 1 aromatic rings. The normalized spacial score (nSPS) is 16.6. The zero-order valence-electron chi connectivity index (χ0n) is 12.0. The number of carbonyl (C=O) groups is 1. The molecular weight excluding hydrogens is 292 g/mol. The minimum Gasteiger partial charge on any atom is -0.374 e. The number of hydrogen-bond donors (Lipinski definition) is 1. The van der Waals surface area contributed by atoms with E-state index in [1.807, 2.05) is 0 Å². The summed E-state index contributed by atoms with van der Waals surface area (Å²) in [5.74, 6) is 0.620. The smallest absolute Gasteiger partial charge is 0.233 e. The minimum absolute atomic E-state index is 0.200. The molecule has 0 atom stereocenters. The number of hydrogen-bond acceptors (Lipinski definition) is 6. The Kier molecular flexibility index (Phi) is 5.65. The molecule has 20 heavy (non-hydrogen) atoms. The van der Waals surface area contributed by atoms with Crippen LogP contribution in [0.4, 0.5) is 5.13 Å². The highest BCUT2D eigenvalue weighted by Gasteiger charge is 2.27. The van der Waals surface area contributed by atoms with Gasteiger partial charge < -0.3 is 10.6 Å². The SMILES string of the molecule is CC(C)N(C(=O)CSc1nnc(N)s1)C1CCCCC1. The van der Waals surface area contributed by atoms with E-state index < -0.39 is 0 Å². The number of nitrogen functional groups attached to an aromatic ring is 1. The first-order valence-corrected chi connectivity index (χ1v) is 8.91. The van der Waals surface area contributed by atoms with Gasteiger partial charge in [0.15, 0.2) is 4.34 Å². The molecule has 0 aliphatic heterocycles. The monoisotopic (exact) mass is 314 g/mol. The van der Waals surface area contributed by atoms with Gasteiger partial charge in [-0.1, -0.05) is 42.4 Å². The van der Waals surface area contributed by atoms with E-state index in [9.17, 15) is 4.79 Å². The van der Waals surface area contributed by atoms with Crippen LogP contribution in [-0.4, -0.2) is 38.8 Å². The number of carbonyl (C=O) groups excluding carboxylic acids is 1. The molecule has 0 bridgehead atoms. The van der Waals surface area contributed by atoms with Crippen molar-refractivity contribution >= 4 is 34.1 Å². The standard InChI is InChI=1S/C13H22N4OS2/c1-9(2)17(10-6-4-3-5-7-10)11(18)8-19-13-16-15-12(14)20-13/h9-10H,3-8H2,1-2H3,(H2,14,15). The lowest BCUT2D eigenvalue weighted by molar-refractivity contribution is -0.133. The summed E-state index contributed by atoms with van der Waals surface area (Å²) in [4.78, 5) is 14.6. The molecule has 1 aliphatic carbocycles. The van der Waals surface area contributed by atoms with Crippen LogP contribution in [0.15, 0.2) is 4.34 Å². The van der Waals surface area contributed by atoms with Gasteiger partial charge in [-0.15, -0.1) is 10.2 Å². The van der Waals surface area contributed by atoms with Crippen LogP contribution in [0.3, 0.4) is 0 Å². The van der Waals surface area contributed by atoms with Gasteiger partial charge in [-0.05, 0) is 26.7 Å². The maximum absolute atomic E-state index is 12.5. The van der Waals surface area contributed by atoms with Gasteiger partial charge in [0.1, 0.15) is 0 Å². The van der Waals surface area contributed by atoms with Crippen LogP contribution in [0, 0.1) is 0 Å². The summed E-state index contributed by atoms with van der Waals surface area (Å²) in [6.45, 7) is 4.19. The van der Waals surface area contributed by atoms with E-state index >= 15 is 0 Å². The lowest BCUT2D eigenvalue weighted by atomic mass is 9.93. The molecule has 0 saturated heterocycles. The molecule has 0 aromatic carbocycles. The maximum atomic E-state index is 12.5. The molecular formula is C13H22N4OS2. The number of nitrogens with two attached hydrogens (primary N) is 1. The third-order valence-electron chi connectivity index (χ3n) is 3.55. The first-order valence-electron chi connectivity index (χ1n) is 7.11. The van der Waals surface area contributed by atoms with Crippen LogP contribution in [-0.2, 0) is 4.79 Å². The summed E-state index contributed by atoms with van der Waals surface area (Å²) in [7, 11) is 0. The number of aromatic nitrogens is 2. The molecule has 5 nitrogen and oxygen atoms in total. The number of nitrogens with zero attached hydrogens (tertiary/aromatic N) is 3. The maximum Gasteiger partial charge on any atom is 0.233 e. The summed E-state index contributed by atoms with van der Waals surface area (Å²) >= 11 is 2.77. The van der Waals surface area contributed by atoms with Gasteiger partial charge >= 0.3 is 0 Å². The molecule has 112 valence electrons. The first-order chi connectivity index (χ1) is 9.58. The van der Waals surface area contributed by atoms with Crippen molar-refractivity contribution < 1.29 is 4.79 Å². The fourth-order valence-electron chi connectivity index (χ4n) is 2.75. The highest BCUT2D eigenvalue weighted by atomic mass is 32.2. The van der Waals surface area contributed by atoms with E-state index in [0.717, 1.165) is 17.2 Å². The minimum atomic E-state index is 0.200. The Balaban J connectivity index is 1.92. The molecule has 1 heterocycles. The zero-order chi connectivity index (χ0) is 14.5. The van der Waals surface area contributed by atoms with Crippen molar-refractivity contribution in [1.82, 2.24) is 15.1 Å². The molecule has 7 heteroatoms. The number of amides is 1. The van der Waals surface area contributed by atoms with E-state index in [-0.39, 0.29) is 11.9 Å². The Morgan fingerprint density at radius 2 is 2.10 bits per heavy atom. The predicted octanol–water partition coefficient (Wildman–Crippen LogP) is 2.78. The summed E-state index contributed by atoms with van der Waals surface area (Å²) in [5.41, 5.74) is 5.55. The number of rotatable bonds is 5. The Bertz CT molecular complexity index is 443. The highest BCUT2D eigenvalue weighted by molar-refractivity contribution is 8.01. The van der Waals surface area contributed by atoms with Crippen molar-refractivity contribution in [2.45, 2.75) is 62.4 Å². The van der Waals surface area contributed by atoms with Crippen molar-refractivity contribution in [1.29, 1.82) is 0 Å². The lowest BCUT2D eigenvalue weighted by Crippen LogP contribution is -2.46. The van der Waals surface area contributed by atoms with Gasteiger partial charge in [-0.2, -0.15) is 0 Å². The summed E-state index contributed by atoms with van der Waals surface area (Å²) in [5, 5.41) is 8.16. The Morgan fingerprint density at radius 3 is 2.65 bits per heavy atom. The third kappa shape index (κ3) is 4.09. The van der Waals surface area contributed by atoms with Crippen molar-refractivity contribution in [3.05, 3.63) is 0 Å². The predicted molar refractivity (Wildman–Crippen MR) is 83.9 cm³/mol. The van der Waals surface area contributed by atoms with E-state index in [2.05, 4.69) is 28.9 Å². The van der Waals surface area contributed by atoms with E-state index in [4.69, 9.17) is 5.73 Å². The van der Waals surface area contributed by atoms with Crippen molar-refractivity contribution in [2.24, 2.45) is 0 Å². The van der Waals surface area contributed by atoms with Crippen LogP contribution in [0.5, 0.6) is 0 Å². The second-order valence-corrected chi connectivity index (χ2v) is 7.61. The molecule has 1 aliphatic rings. The van der Waals surface area contributed by atoms with Gasteiger partial charge in [0.2, 0.25) is 11.0 Å². The topological polar surface area (TPSA) is 72.1 Å². The summed E-state index contributed by atoms with van der Waals surface area (Å²) in [6, 6.07) is 0.669. The van der Waals surface area contributed by atoms with Crippen molar-refractivity contribution in [2.75, 3.05) is 11.5 Å². The largest absolute Gasteiger partial charge is 0.374 e. The average molecular weight is 314 g/mol. The third-order valence-corrected chi connectivity index (χ3v) is 5.42. The molecule has 0 spiro atoms. The van der Waals surface area contributed by atoms with Crippen LogP contribution in [0.2, 0.25) is 0 Å². The summed E-state index contributed by atoms with van der Waals surface area (Å²) in [6.07, 6.45) is 6.05. The molecule has 1 fully saturated rings. The first kappa shape index (κ1) is 15.6. The fourth-order valence-corrected chi connectivity index (χ4v) is 4.25. The lowest BCUT2D eigenvalue weighted by Gasteiger charge is -2.37. The molecule has 0 unspecified atom stereocenters.